The highest BCUT2D eigenvalue weighted by Gasteiger charge is 2.23. The molecule has 1 atom stereocenters. The molecule has 0 spiro atoms. The van der Waals surface area contributed by atoms with Gasteiger partial charge in [-0.3, -0.25) is 0 Å². The predicted molar refractivity (Wildman–Crippen MR) is 77.1 cm³/mol. The number of hydrogen-bond donors (Lipinski definition) is 0. The van der Waals surface area contributed by atoms with Gasteiger partial charge < -0.3 is 9.64 Å². The van der Waals surface area contributed by atoms with E-state index in [1.54, 1.807) is 12.4 Å². The maximum Gasteiger partial charge on any atom is 0.225 e. The maximum absolute atomic E-state index is 5.84. The first-order valence-corrected chi connectivity index (χ1v) is 7.01. The standard InChI is InChI=1S/C14H14BrN3O/c15-12-4-2-11(3-5-12)13-10-18(8-9-19-13)14-16-6-1-7-17-14/h1-7,13H,8-10H2/t13-/m1/s1. The van der Waals surface area contributed by atoms with Crippen molar-refractivity contribution in [2.45, 2.75) is 6.10 Å². The van der Waals surface area contributed by atoms with Crippen LogP contribution in [0, 0.1) is 0 Å². The van der Waals surface area contributed by atoms with Crippen molar-refractivity contribution in [1.82, 2.24) is 9.97 Å². The van der Waals surface area contributed by atoms with E-state index in [0.717, 1.165) is 23.5 Å². The molecule has 1 saturated heterocycles. The molecule has 0 radical (unpaired) electrons. The molecule has 4 nitrogen and oxygen atoms in total. The molecule has 0 unspecified atom stereocenters. The van der Waals surface area contributed by atoms with Crippen LogP contribution in [0.1, 0.15) is 11.7 Å². The summed E-state index contributed by atoms with van der Waals surface area (Å²) in [7, 11) is 0. The van der Waals surface area contributed by atoms with Crippen LogP contribution in [-0.2, 0) is 4.74 Å². The lowest BCUT2D eigenvalue weighted by Crippen LogP contribution is -2.39. The minimum atomic E-state index is 0.0747. The third-order valence-electron chi connectivity index (χ3n) is 3.14. The van der Waals surface area contributed by atoms with E-state index in [9.17, 15) is 0 Å². The summed E-state index contributed by atoms with van der Waals surface area (Å²) in [5.41, 5.74) is 1.18. The average molecular weight is 320 g/mol. The fraction of sp³-hybridized carbons (Fsp3) is 0.286. The van der Waals surface area contributed by atoms with Crippen LogP contribution in [0.5, 0.6) is 0 Å². The minimum Gasteiger partial charge on any atom is -0.370 e. The highest BCUT2D eigenvalue weighted by Crippen LogP contribution is 2.25. The second-order valence-electron chi connectivity index (χ2n) is 4.41. The number of benzene rings is 1. The molecule has 0 N–H and O–H groups in total. The van der Waals surface area contributed by atoms with Gasteiger partial charge in [0.05, 0.1) is 13.2 Å². The summed E-state index contributed by atoms with van der Waals surface area (Å²) >= 11 is 3.45. The molecule has 1 aliphatic rings. The number of hydrogen-bond acceptors (Lipinski definition) is 4. The summed E-state index contributed by atoms with van der Waals surface area (Å²) < 4.78 is 6.92. The molecule has 1 fully saturated rings. The molecule has 1 aromatic carbocycles. The van der Waals surface area contributed by atoms with Crippen LogP contribution in [-0.4, -0.2) is 29.7 Å². The normalized spacial score (nSPS) is 19.4. The largest absolute Gasteiger partial charge is 0.370 e. The summed E-state index contributed by atoms with van der Waals surface area (Å²) in [4.78, 5) is 10.8. The zero-order valence-corrected chi connectivity index (χ0v) is 12.0. The minimum absolute atomic E-state index is 0.0747. The molecular formula is C14H14BrN3O. The van der Waals surface area contributed by atoms with E-state index in [4.69, 9.17) is 4.74 Å². The van der Waals surface area contributed by atoms with Gasteiger partial charge in [-0.15, -0.1) is 0 Å². The first-order valence-electron chi connectivity index (χ1n) is 6.22. The van der Waals surface area contributed by atoms with Crippen molar-refractivity contribution in [1.29, 1.82) is 0 Å². The number of halogens is 1. The van der Waals surface area contributed by atoms with Crippen LogP contribution in [0.3, 0.4) is 0 Å². The predicted octanol–water partition coefficient (Wildman–Crippen LogP) is 2.82. The van der Waals surface area contributed by atoms with E-state index >= 15 is 0 Å². The Balaban J connectivity index is 1.76. The summed E-state index contributed by atoms with van der Waals surface area (Å²) in [5, 5.41) is 0. The van der Waals surface area contributed by atoms with E-state index < -0.39 is 0 Å². The van der Waals surface area contributed by atoms with Gasteiger partial charge in [0.1, 0.15) is 6.10 Å². The van der Waals surface area contributed by atoms with Crippen molar-refractivity contribution in [3.05, 3.63) is 52.8 Å². The summed E-state index contributed by atoms with van der Waals surface area (Å²) in [6, 6.07) is 10.1. The number of ether oxygens (including phenoxy) is 1. The van der Waals surface area contributed by atoms with Gasteiger partial charge in [0.2, 0.25) is 5.95 Å². The van der Waals surface area contributed by atoms with Crippen molar-refractivity contribution in [2.75, 3.05) is 24.6 Å². The Morgan fingerprint density at radius 2 is 1.89 bits per heavy atom. The van der Waals surface area contributed by atoms with Crippen LogP contribution in [0.4, 0.5) is 5.95 Å². The zero-order chi connectivity index (χ0) is 13.1. The maximum atomic E-state index is 5.84. The van der Waals surface area contributed by atoms with Crippen LogP contribution < -0.4 is 4.90 Å². The molecule has 3 rings (SSSR count). The van der Waals surface area contributed by atoms with E-state index in [-0.39, 0.29) is 6.10 Å². The Morgan fingerprint density at radius 1 is 1.16 bits per heavy atom. The highest BCUT2D eigenvalue weighted by atomic mass is 79.9. The Kier molecular flexibility index (Phi) is 3.75. The van der Waals surface area contributed by atoms with Gasteiger partial charge in [-0.2, -0.15) is 0 Å². The quantitative estimate of drug-likeness (QED) is 0.853. The molecule has 0 aliphatic carbocycles. The Hall–Kier alpha value is -1.46. The number of aromatic nitrogens is 2. The molecule has 2 heterocycles. The van der Waals surface area contributed by atoms with Crippen LogP contribution in [0.15, 0.2) is 47.2 Å². The SMILES string of the molecule is Brc1ccc([C@H]2CN(c3ncccn3)CCO2)cc1. The van der Waals surface area contributed by atoms with Crippen molar-refractivity contribution in [2.24, 2.45) is 0 Å². The van der Waals surface area contributed by atoms with E-state index in [1.807, 2.05) is 18.2 Å². The number of morpholine rings is 1. The van der Waals surface area contributed by atoms with Crippen molar-refractivity contribution in [3.8, 4) is 0 Å². The van der Waals surface area contributed by atoms with E-state index in [1.165, 1.54) is 5.56 Å². The fourth-order valence-electron chi connectivity index (χ4n) is 2.16. The Morgan fingerprint density at radius 3 is 2.63 bits per heavy atom. The van der Waals surface area contributed by atoms with Gasteiger partial charge >= 0.3 is 0 Å². The van der Waals surface area contributed by atoms with Crippen molar-refractivity contribution < 1.29 is 4.74 Å². The zero-order valence-electron chi connectivity index (χ0n) is 10.4. The Labute approximate surface area is 120 Å². The van der Waals surface area contributed by atoms with Crippen LogP contribution in [0.2, 0.25) is 0 Å². The molecule has 1 aliphatic heterocycles. The van der Waals surface area contributed by atoms with Gasteiger partial charge in [-0.25, -0.2) is 9.97 Å². The lowest BCUT2D eigenvalue weighted by Gasteiger charge is -2.33. The highest BCUT2D eigenvalue weighted by molar-refractivity contribution is 9.10. The average Bonchev–Trinajstić information content (AvgIpc) is 2.49. The summed E-state index contributed by atoms with van der Waals surface area (Å²) in [6.07, 6.45) is 3.62. The van der Waals surface area contributed by atoms with Gasteiger partial charge in [0.25, 0.3) is 0 Å². The van der Waals surface area contributed by atoms with Crippen LogP contribution in [0.25, 0.3) is 0 Å². The summed E-state index contributed by atoms with van der Waals surface area (Å²) in [5.74, 6) is 0.771. The molecule has 0 bridgehead atoms. The topological polar surface area (TPSA) is 38.2 Å². The second kappa shape index (κ2) is 5.67. The Bertz CT molecular complexity index is 532. The monoisotopic (exact) mass is 319 g/mol. The second-order valence-corrected chi connectivity index (χ2v) is 5.32. The molecule has 1 aromatic heterocycles. The van der Waals surface area contributed by atoms with Gasteiger partial charge in [-0.05, 0) is 23.8 Å². The molecule has 5 heteroatoms. The van der Waals surface area contributed by atoms with Crippen LogP contribution >= 0.6 is 15.9 Å². The molecule has 98 valence electrons. The lowest BCUT2D eigenvalue weighted by atomic mass is 10.1. The molecule has 0 saturated carbocycles. The lowest BCUT2D eigenvalue weighted by molar-refractivity contribution is 0.0392. The van der Waals surface area contributed by atoms with E-state index in [2.05, 4.69) is 42.9 Å². The third kappa shape index (κ3) is 2.93. The molecule has 0 amide bonds. The van der Waals surface area contributed by atoms with E-state index in [0.29, 0.717) is 6.61 Å². The molecular weight excluding hydrogens is 306 g/mol. The number of nitrogens with zero attached hydrogens (tertiary/aromatic N) is 3. The van der Waals surface area contributed by atoms with Gasteiger partial charge in [0, 0.05) is 23.4 Å². The van der Waals surface area contributed by atoms with Gasteiger partial charge in [-0.1, -0.05) is 28.1 Å². The van der Waals surface area contributed by atoms with Gasteiger partial charge in [0.15, 0.2) is 0 Å². The smallest absolute Gasteiger partial charge is 0.225 e. The van der Waals surface area contributed by atoms with Crippen molar-refractivity contribution in [3.63, 3.8) is 0 Å². The summed E-state index contributed by atoms with van der Waals surface area (Å²) in [6.45, 7) is 2.31. The fourth-order valence-corrected chi connectivity index (χ4v) is 2.43. The third-order valence-corrected chi connectivity index (χ3v) is 3.67. The molecule has 19 heavy (non-hydrogen) atoms. The first-order chi connectivity index (χ1) is 9.33. The first kappa shape index (κ1) is 12.6. The number of anilines is 1. The number of rotatable bonds is 2. The van der Waals surface area contributed by atoms with Crippen molar-refractivity contribution >= 4 is 21.9 Å². The molecule has 2 aromatic rings.